The maximum atomic E-state index is 12.9. The van der Waals surface area contributed by atoms with Crippen LogP contribution in [0, 0.1) is 11.8 Å². The van der Waals surface area contributed by atoms with Crippen molar-refractivity contribution in [1.82, 2.24) is 0 Å². The van der Waals surface area contributed by atoms with Gasteiger partial charge in [0.1, 0.15) is 9.67 Å². The van der Waals surface area contributed by atoms with Gasteiger partial charge in [-0.2, -0.15) is 0 Å². The fourth-order valence-electron chi connectivity index (χ4n) is 2.99. The van der Waals surface area contributed by atoms with Crippen LogP contribution in [0.25, 0.3) is 0 Å². The molecule has 0 radical (unpaired) electrons. The third kappa shape index (κ3) is 6.72. The average Bonchev–Trinajstić information content (AvgIpc) is 2.77. The molecular weight excluding hydrogens is 465 g/mol. The van der Waals surface area contributed by atoms with Gasteiger partial charge in [0.2, 0.25) is 0 Å². The maximum Gasteiger partial charge on any atom is 0.464 e. The molecule has 0 bridgehead atoms. The van der Waals surface area contributed by atoms with Gasteiger partial charge in [-0.3, -0.25) is 4.79 Å². The fraction of sp³-hybridized carbons (Fsp3) is 0.833. The first-order valence-corrected chi connectivity index (χ1v) is 11.2. The van der Waals surface area contributed by atoms with Crippen LogP contribution < -0.4 is 0 Å². The van der Waals surface area contributed by atoms with Gasteiger partial charge < -0.3 is 23.9 Å². The number of hydrogen-bond donors (Lipinski definition) is 1. The molecule has 0 aliphatic carbocycles. The molecule has 0 aromatic carbocycles. The molecule has 1 aliphatic rings. The van der Waals surface area contributed by atoms with Gasteiger partial charge in [0.25, 0.3) is 5.95 Å². The Kier molecular flexibility index (Phi) is 10.2. The predicted molar refractivity (Wildman–Crippen MR) is 117 cm³/mol. The fourth-order valence-corrected chi connectivity index (χ4v) is 4.00. The van der Waals surface area contributed by atoms with Gasteiger partial charge in [0.15, 0.2) is 0 Å². The summed E-state index contributed by atoms with van der Waals surface area (Å²) in [5.41, 5.74) is -1.37. The molecule has 0 amide bonds. The average molecular weight is 494 g/mol. The van der Waals surface area contributed by atoms with Crippen LogP contribution in [0.15, 0.2) is 12.0 Å². The normalized spacial score (nSPS) is 21.9. The summed E-state index contributed by atoms with van der Waals surface area (Å²) in [6, 6.07) is 0. The molecule has 0 aromatic rings. The van der Waals surface area contributed by atoms with E-state index >= 15 is 0 Å². The van der Waals surface area contributed by atoms with E-state index in [0.717, 1.165) is 0 Å². The molecule has 0 saturated carbocycles. The largest absolute Gasteiger partial charge is 0.481 e. The van der Waals surface area contributed by atoms with Crippen LogP contribution >= 0.6 is 46.4 Å². The van der Waals surface area contributed by atoms with E-state index in [-0.39, 0.29) is 13.2 Å². The third-order valence-corrected chi connectivity index (χ3v) is 6.35. The minimum atomic E-state index is -1.11. The summed E-state index contributed by atoms with van der Waals surface area (Å²) in [6.45, 7) is 11.2. The molecule has 1 rings (SSSR count). The van der Waals surface area contributed by atoms with Crippen LogP contribution in [0.2, 0.25) is 5.82 Å². The predicted octanol–water partition coefficient (Wildman–Crippen LogP) is 5.29. The monoisotopic (exact) mass is 492 g/mol. The lowest BCUT2D eigenvalue weighted by molar-refractivity contribution is -0.149. The van der Waals surface area contributed by atoms with Gasteiger partial charge in [0, 0.05) is 17.8 Å². The zero-order valence-electron chi connectivity index (χ0n) is 17.5. The molecule has 1 N–H and O–H groups in total. The highest BCUT2D eigenvalue weighted by Gasteiger charge is 2.59. The summed E-state index contributed by atoms with van der Waals surface area (Å²) >= 11 is 24.9. The highest BCUT2D eigenvalue weighted by Crippen LogP contribution is 2.48. The van der Waals surface area contributed by atoms with Crippen molar-refractivity contribution in [2.75, 3.05) is 13.2 Å². The smallest absolute Gasteiger partial charge is 0.464 e. The molecule has 11 heteroatoms. The molecule has 1 fully saturated rings. The van der Waals surface area contributed by atoms with Crippen molar-refractivity contribution in [2.45, 2.75) is 68.2 Å². The molecule has 1 aliphatic heterocycles. The molecular formula is C18H29BCl4O6. The first-order chi connectivity index (χ1) is 13.3. The van der Waals surface area contributed by atoms with Crippen molar-refractivity contribution in [3.63, 3.8) is 0 Å². The second-order valence-corrected chi connectivity index (χ2v) is 9.99. The molecule has 0 spiro atoms. The minimum absolute atomic E-state index is 0.115. The van der Waals surface area contributed by atoms with Crippen LogP contribution in [0.3, 0.4) is 0 Å². The summed E-state index contributed by atoms with van der Waals surface area (Å²) < 4.78 is 22.5. The Bertz CT molecular complexity index is 569. The number of halogens is 4. The quantitative estimate of drug-likeness (QED) is 0.193. The third-order valence-electron chi connectivity index (χ3n) is 5.18. The first-order valence-electron chi connectivity index (χ1n) is 9.41. The Morgan fingerprint density at radius 2 is 1.48 bits per heavy atom. The van der Waals surface area contributed by atoms with Gasteiger partial charge in [-0.15, -0.1) is 46.4 Å². The SMILES string of the molecule is CCOC(=O)[C@@H](C(B1OC(C)(C)C(C)(C)O1)C(Cl)Cl)[C@H](/C=C(/O)OCC)C(Cl)Cl. The van der Waals surface area contributed by atoms with E-state index in [1.165, 1.54) is 6.08 Å². The number of allylic oxidation sites excluding steroid dienone is 1. The van der Waals surface area contributed by atoms with Crippen molar-refractivity contribution in [3.05, 3.63) is 12.0 Å². The van der Waals surface area contributed by atoms with Crippen molar-refractivity contribution in [2.24, 2.45) is 11.8 Å². The van der Waals surface area contributed by atoms with Gasteiger partial charge in [0.05, 0.1) is 30.3 Å². The van der Waals surface area contributed by atoms with Gasteiger partial charge in [-0.05, 0) is 41.5 Å². The van der Waals surface area contributed by atoms with Crippen molar-refractivity contribution in [1.29, 1.82) is 0 Å². The van der Waals surface area contributed by atoms with Crippen LogP contribution in [0.1, 0.15) is 41.5 Å². The van der Waals surface area contributed by atoms with E-state index in [0.29, 0.717) is 0 Å². The van der Waals surface area contributed by atoms with Crippen LogP contribution in [-0.4, -0.2) is 52.3 Å². The topological polar surface area (TPSA) is 74.2 Å². The van der Waals surface area contributed by atoms with Gasteiger partial charge in [-0.25, -0.2) is 0 Å². The molecule has 168 valence electrons. The molecule has 6 nitrogen and oxygen atoms in total. The second-order valence-electron chi connectivity index (χ2n) is 7.66. The summed E-state index contributed by atoms with van der Waals surface area (Å²) in [7, 11) is -0.938. The van der Waals surface area contributed by atoms with E-state index in [4.69, 9.17) is 65.2 Å². The van der Waals surface area contributed by atoms with Crippen molar-refractivity contribution in [3.8, 4) is 0 Å². The lowest BCUT2D eigenvalue weighted by Crippen LogP contribution is -2.43. The van der Waals surface area contributed by atoms with Gasteiger partial charge >= 0.3 is 13.1 Å². The zero-order valence-corrected chi connectivity index (χ0v) is 20.5. The Balaban J connectivity index is 3.44. The standard InChI is InChI=1S/C18H29BCl4O6/c1-7-26-11(24)9-10(14(20)21)12(16(25)27-8-2)13(15(22)23)19-28-17(3,4)18(5,6)29-19/h9-10,12-15,24H,7-8H2,1-6H3/b11-9-/t10-,12+,13?/m0/s1. The Morgan fingerprint density at radius 1 is 1.00 bits per heavy atom. The van der Waals surface area contributed by atoms with Gasteiger partial charge in [-0.1, -0.05) is 0 Å². The maximum absolute atomic E-state index is 12.9. The number of alkyl halides is 4. The van der Waals surface area contributed by atoms with Crippen molar-refractivity contribution >= 4 is 59.5 Å². The van der Waals surface area contributed by atoms with Crippen molar-refractivity contribution < 1.29 is 28.7 Å². The number of esters is 1. The van der Waals surface area contributed by atoms with E-state index in [1.807, 2.05) is 27.7 Å². The van der Waals surface area contributed by atoms with Crippen LogP contribution in [0.4, 0.5) is 0 Å². The molecule has 1 heterocycles. The van der Waals surface area contributed by atoms with Crippen LogP contribution in [0.5, 0.6) is 0 Å². The summed E-state index contributed by atoms with van der Waals surface area (Å²) in [4.78, 5) is 10.7. The number of ether oxygens (including phenoxy) is 2. The Hall–Kier alpha value is -0.0451. The lowest BCUT2D eigenvalue weighted by Gasteiger charge is -2.33. The Morgan fingerprint density at radius 3 is 1.86 bits per heavy atom. The number of hydrogen-bond acceptors (Lipinski definition) is 6. The number of carbonyl (C=O) groups is 1. The molecule has 3 atom stereocenters. The van der Waals surface area contributed by atoms with E-state index in [2.05, 4.69) is 0 Å². The minimum Gasteiger partial charge on any atom is -0.481 e. The summed E-state index contributed by atoms with van der Waals surface area (Å²) in [6.07, 6.45) is 1.25. The highest BCUT2D eigenvalue weighted by atomic mass is 35.5. The molecule has 29 heavy (non-hydrogen) atoms. The summed E-state index contributed by atoms with van der Waals surface area (Å²) in [5, 5.41) is 10.0. The van der Waals surface area contributed by atoms with E-state index < -0.39 is 57.6 Å². The van der Waals surface area contributed by atoms with E-state index in [1.54, 1.807) is 13.8 Å². The number of aliphatic hydroxyl groups is 1. The number of rotatable bonds is 10. The number of aliphatic hydroxyl groups excluding tert-OH is 1. The first kappa shape index (κ1) is 27.0. The molecule has 0 aromatic heterocycles. The van der Waals surface area contributed by atoms with E-state index in [9.17, 15) is 9.90 Å². The van der Waals surface area contributed by atoms with Crippen LogP contribution in [-0.2, 0) is 23.6 Å². The zero-order chi connectivity index (χ0) is 22.6. The highest BCUT2D eigenvalue weighted by molar-refractivity contribution is 6.56. The number of carbonyl (C=O) groups excluding carboxylic acids is 1. The molecule has 1 unspecified atom stereocenters. The lowest BCUT2D eigenvalue weighted by atomic mass is 9.62. The Labute approximate surface area is 193 Å². The second kappa shape index (κ2) is 11.0. The molecule has 1 saturated heterocycles. The summed E-state index contributed by atoms with van der Waals surface area (Å²) in [5.74, 6) is -3.98.